The van der Waals surface area contributed by atoms with Gasteiger partial charge in [-0.1, -0.05) is 60.1 Å². The van der Waals surface area contributed by atoms with Gasteiger partial charge in [0.1, 0.15) is 17.9 Å². The van der Waals surface area contributed by atoms with E-state index in [1.54, 1.807) is 18.2 Å². The molecule has 0 bridgehead atoms. The summed E-state index contributed by atoms with van der Waals surface area (Å²) in [6, 6.07) is 23.1. The number of carbonyl (C=O) groups excluding carboxylic acids is 1. The Labute approximate surface area is 207 Å². The first-order valence-corrected chi connectivity index (χ1v) is 11.3. The van der Waals surface area contributed by atoms with Gasteiger partial charge in [-0.25, -0.2) is 9.78 Å². The minimum absolute atomic E-state index is 0.0648. The van der Waals surface area contributed by atoms with Crippen LogP contribution in [0.2, 0.25) is 5.02 Å². The van der Waals surface area contributed by atoms with Gasteiger partial charge in [0.05, 0.1) is 17.3 Å². The number of pyridine rings is 1. The third-order valence-corrected chi connectivity index (χ3v) is 5.57. The van der Waals surface area contributed by atoms with Gasteiger partial charge in [0.15, 0.2) is 0 Å². The number of halogens is 1. The summed E-state index contributed by atoms with van der Waals surface area (Å²) in [6.07, 6.45) is 3.85. The fourth-order valence-electron chi connectivity index (χ4n) is 3.67. The highest BCUT2D eigenvalue weighted by Gasteiger charge is 2.17. The summed E-state index contributed by atoms with van der Waals surface area (Å²) < 4.78 is 5.80. The summed E-state index contributed by atoms with van der Waals surface area (Å²) in [4.78, 5) is 28.0. The fraction of sp³-hybridized carbons (Fsp3) is 0.107. The number of fused-ring (bicyclic) bond motifs is 1. The molecule has 1 amide bonds. The number of aromatic carboxylic acids is 1. The zero-order chi connectivity index (χ0) is 24.8. The maximum absolute atomic E-state index is 11.8. The predicted octanol–water partition coefficient (Wildman–Crippen LogP) is 6.01. The summed E-state index contributed by atoms with van der Waals surface area (Å²) in [7, 11) is 0. The Morgan fingerprint density at radius 2 is 1.83 bits per heavy atom. The lowest BCUT2D eigenvalue weighted by Gasteiger charge is -2.20. The number of ether oxygens (including phenoxy) is 1. The molecule has 0 aliphatic rings. The summed E-state index contributed by atoms with van der Waals surface area (Å²) >= 11 is 6.09. The first kappa shape index (κ1) is 24.0. The highest BCUT2D eigenvalue weighted by atomic mass is 35.5. The maximum atomic E-state index is 11.8. The Kier molecular flexibility index (Phi) is 7.43. The van der Waals surface area contributed by atoms with E-state index in [0.29, 0.717) is 5.02 Å². The minimum Gasteiger partial charge on any atom is -0.490 e. The lowest BCUT2D eigenvalue weighted by molar-refractivity contribution is -0.119. The SMILES string of the molecule is CC(=O)NC(COc1ccccc1C(=O)O)c1cccc(/C=C/c2ccc3ccc(Cl)cc3n2)c1. The van der Waals surface area contributed by atoms with E-state index in [1.807, 2.05) is 66.7 Å². The molecule has 0 aliphatic carbocycles. The van der Waals surface area contributed by atoms with Crippen LogP contribution in [0.4, 0.5) is 0 Å². The van der Waals surface area contributed by atoms with Gasteiger partial charge >= 0.3 is 5.97 Å². The number of carboxylic acids is 1. The topological polar surface area (TPSA) is 88.5 Å². The molecule has 4 aromatic rings. The van der Waals surface area contributed by atoms with Gasteiger partial charge < -0.3 is 15.2 Å². The Morgan fingerprint density at radius 3 is 2.63 bits per heavy atom. The summed E-state index contributed by atoms with van der Waals surface area (Å²) in [5.74, 6) is -1.05. The molecule has 1 unspecified atom stereocenters. The van der Waals surface area contributed by atoms with Gasteiger partial charge in [0.2, 0.25) is 5.91 Å². The van der Waals surface area contributed by atoms with Crippen LogP contribution in [-0.2, 0) is 4.79 Å². The fourth-order valence-corrected chi connectivity index (χ4v) is 3.84. The van der Waals surface area contributed by atoms with Crippen molar-refractivity contribution in [1.82, 2.24) is 10.3 Å². The van der Waals surface area contributed by atoms with Crippen LogP contribution >= 0.6 is 11.6 Å². The molecular formula is C28H23ClN2O4. The van der Waals surface area contributed by atoms with Crippen LogP contribution in [0.1, 0.15) is 40.1 Å². The lowest BCUT2D eigenvalue weighted by Crippen LogP contribution is -2.30. The largest absolute Gasteiger partial charge is 0.490 e. The molecule has 4 rings (SSSR count). The lowest BCUT2D eigenvalue weighted by atomic mass is 10.0. The van der Waals surface area contributed by atoms with Crippen LogP contribution in [0.5, 0.6) is 5.75 Å². The average Bonchev–Trinajstić information content (AvgIpc) is 2.85. The number of hydrogen-bond donors (Lipinski definition) is 2. The zero-order valence-corrected chi connectivity index (χ0v) is 19.7. The van der Waals surface area contributed by atoms with E-state index in [1.165, 1.54) is 13.0 Å². The highest BCUT2D eigenvalue weighted by molar-refractivity contribution is 6.31. The number of aromatic nitrogens is 1. The predicted molar refractivity (Wildman–Crippen MR) is 138 cm³/mol. The zero-order valence-electron chi connectivity index (χ0n) is 18.9. The van der Waals surface area contributed by atoms with Crippen molar-refractivity contribution in [2.75, 3.05) is 6.61 Å². The minimum atomic E-state index is -1.08. The van der Waals surface area contributed by atoms with Crippen molar-refractivity contribution in [3.8, 4) is 5.75 Å². The number of benzene rings is 3. The number of para-hydroxylation sites is 1. The van der Waals surface area contributed by atoms with Gasteiger partial charge in [0.25, 0.3) is 0 Å². The van der Waals surface area contributed by atoms with Crippen molar-refractivity contribution in [1.29, 1.82) is 0 Å². The normalized spacial score (nSPS) is 11.9. The van der Waals surface area contributed by atoms with Gasteiger partial charge in [-0.05, 0) is 53.6 Å². The molecule has 0 saturated heterocycles. The molecule has 3 aromatic carbocycles. The van der Waals surface area contributed by atoms with Crippen molar-refractivity contribution < 1.29 is 19.4 Å². The number of hydrogen-bond acceptors (Lipinski definition) is 4. The molecule has 1 heterocycles. The van der Waals surface area contributed by atoms with Crippen molar-refractivity contribution in [3.05, 3.63) is 106 Å². The van der Waals surface area contributed by atoms with Crippen LogP contribution in [0, 0.1) is 0 Å². The Morgan fingerprint density at radius 1 is 1.03 bits per heavy atom. The molecule has 1 atom stereocenters. The van der Waals surface area contributed by atoms with E-state index in [9.17, 15) is 14.7 Å². The number of nitrogens with one attached hydrogen (secondary N) is 1. The molecule has 2 N–H and O–H groups in total. The van der Waals surface area contributed by atoms with Crippen LogP contribution in [0.15, 0.2) is 78.9 Å². The number of carbonyl (C=O) groups is 2. The van der Waals surface area contributed by atoms with Gasteiger partial charge in [0, 0.05) is 17.3 Å². The quantitative estimate of drug-likeness (QED) is 0.318. The first-order valence-electron chi connectivity index (χ1n) is 11.0. The van der Waals surface area contributed by atoms with E-state index >= 15 is 0 Å². The third kappa shape index (κ3) is 6.25. The van der Waals surface area contributed by atoms with E-state index < -0.39 is 12.0 Å². The Balaban J connectivity index is 1.54. The molecule has 6 nitrogen and oxygen atoms in total. The molecule has 0 aliphatic heterocycles. The van der Waals surface area contributed by atoms with Crippen molar-refractivity contribution in [2.24, 2.45) is 0 Å². The van der Waals surface area contributed by atoms with E-state index in [2.05, 4.69) is 10.3 Å². The molecular weight excluding hydrogens is 464 g/mol. The van der Waals surface area contributed by atoms with Crippen LogP contribution in [0.25, 0.3) is 23.1 Å². The second kappa shape index (κ2) is 10.8. The van der Waals surface area contributed by atoms with Gasteiger partial charge in [-0.15, -0.1) is 0 Å². The molecule has 0 saturated carbocycles. The first-order chi connectivity index (χ1) is 16.9. The Hall–Kier alpha value is -4.16. The highest BCUT2D eigenvalue weighted by Crippen LogP contribution is 2.23. The molecule has 35 heavy (non-hydrogen) atoms. The van der Waals surface area contributed by atoms with Gasteiger partial charge in [-0.3, -0.25) is 4.79 Å². The Bertz CT molecular complexity index is 1420. The average molecular weight is 487 g/mol. The summed E-state index contributed by atoms with van der Waals surface area (Å²) in [5, 5.41) is 13.9. The number of amides is 1. The second-order valence-electron chi connectivity index (χ2n) is 7.94. The number of carboxylic acid groups (broad SMARTS) is 1. The standard InChI is InChI=1S/C28H23ClN2O4/c1-18(32)30-26(17-35-27-8-3-2-7-24(27)28(33)34)21-6-4-5-19(15-21)9-13-23-14-11-20-10-12-22(29)16-25(20)31-23/h2-16,26H,17H2,1H3,(H,30,32)(H,33,34)/b13-9+. The monoisotopic (exact) mass is 486 g/mol. The molecule has 0 fully saturated rings. The molecule has 0 radical (unpaired) electrons. The van der Waals surface area contributed by atoms with Crippen LogP contribution in [0.3, 0.4) is 0 Å². The summed E-state index contributed by atoms with van der Waals surface area (Å²) in [6.45, 7) is 1.50. The maximum Gasteiger partial charge on any atom is 0.339 e. The van der Waals surface area contributed by atoms with Gasteiger partial charge in [-0.2, -0.15) is 0 Å². The second-order valence-corrected chi connectivity index (χ2v) is 8.38. The van der Waals surface area contributed by atoms with Crippen molar-refractivity contribution in [2.45, 2.75) is 13.0 Å². The van der Waals surface area contributed by atoms with Crippen molar-refractivity contribution in [3.63, 3.8) is 0 Å². The van der Waals surface area contributed by atoms with Crippen LogP contribution in [-0.4, -0.2) is 28.6 Å². The molecule has 7 heteroatoms. The van der Waals surface area contributed by atoms with Crippen LogP contribution < -0.4 is 10.1 Å². The number of nitrogens with zero attached hydrogens (tertiary/aromatic N) is 1. The van der Waals surface area contributed by atoms with Crippen molar-refractivity contribution >= 4 is 46.5 Å². The van der Waals surface area contributed by atoms with E-state index in [4.69, 9.17) is 16.3 Å². The summed E-state index contributed by atoms with van der Waals surface area (Å²) in [5.41, 5.74) is 3.41. The van der Waals surface area contributed by atoms with E-state index in [0.717, 1.165) is 27.7 Å². The molecule has 0 spiro atoms. The third-order valence-electron chi connectivity index (χ3n) is 5.34. The molecule has 1 aromatic heterocycles. The van der Waals surface area contributed by atoms with E-state index in [-0.39, 0.29) is 23.8 Å². The number of rotatable bonds is 8. The molecule has 176 valence electrons. The smallest absolute Gasteiger partial charge is 0.339 e.